The molecule has 0 radical (unpaired) electrons. The summed E-state index contributed by atoms with van der Waals surface area (Å²) in [5.41, 5.74) is 2.11. The van der Waals surface area contributed by atoms with Crippen LogP contribution < -0.4 is 10.1 Å². The smallest absolute Gasteiger partial charge is 0.275 e. The molecule has 4 rings (SSSR count). The van der Waals surface area contributed by atoms with E-state index in [2.05, 4.69) is 10.3 Å². The van der Waals surface area contributed by atoms with Crippen LogP contribution in [0.3, 0.4) is 0 Å². The first-order valence-corrected chi connectivity index (χ1v) is 8.46. The number of nitrogens with zero attached hydrogens (tertiary/aromatic N) is 1. The summed E-state index contributed by atoms with van der Waals surface area (Å²) >= 11 is 5.90. The summed E-state index contributed by atoms with van der Waals surface area (Å²) in [5, 5.41) is 5.58. The number of amides is 1. The molecule has 5 heteroatoms. The number of nitrogens with one attached hydrogen (secondary N) is 1. The van der Waals surface area contributed by atoms with E-state index in [0.29, 0.717) is 16.6 Å². The van der Waals surface area contributed by atoms with Gasteiger partial charge in [-0.25, -0.2) is 4.99 Å². The van der Waals surface area contributed by atoms with Crippen molar-refractivity contribution in [3.63, 3.8) is 0 Å². The van der Waals surface area contributed by atoms with Gasteiger partial charge in [0.1, 0.15) is 17.3 Å². The van der Waals surface area contributed by atoms with Crippen LogP contribution in [0, 0.1) is 0 Å². The molecule has 3 aromatic carbocycles. The first kappa shape index (κ1) is 16.4. The van der Waals surface area contributed by atoms with Crippen molar-refractivity contribution in [2.24, 2.45) is 4.99 Å². The monoisotopic (exact) mass is 362 g/mol. The Morgan fingerprint density at radius 1 is 1.00 bits per heavy atom. The molecule has 1 N–H and O–H groups in total. The third kappa shape index (κ3) is 3.19. The number of benzene rings is 3. The van der Waals surface area contributed by atoms with Gasteiger partial charge in [-0.15, -0.1) is 0 Å². The second kappa shape index (κ2) is 6.65. The van der Waals surface area contributed by atoms with Crippen molar-refractivity contribution >= 4 is 40.2 Å². The Balaban J connectivity index is 1.67. The standard InChI is InChI=1S/C21H15ClN2O2/c1-26-18-9-6-15-10-13(2-3-16(15)12-18)11-19-21(25)24-20(23-19)14-4-7-17(22)8-5-14/h2-12H,1H3,(H,23,24,25)/b19-11-. The summed E-state index contributed by atoms with van der Waals surface area (Å²) in [6.45, 7) is 0. The van der Waals surface area contributed by atoms with Gasteiger partial charge < -0.3 is 10.1 Å². The molecular formula is C21H15ClN2O2. The topological polar surface area (TPSA) is 50.7 Å². The van der Waals surface area contributed by atoms with Gasteiger partial charge in [0.15, 0.2) is 0 Å². The maximum atomic E-state index is 12.2. The molecule has 1 heterocycles. The van der Waals surface area contributed by atoms with E-state index in [9.17, 15) is 4.79 Å². The Bertz CT molecular complexity index is 1070. The van der Waals surface area contributed by atoms with Crippen molar-refractivity contribution < 1.29 is 9.53 Å². The van der Waals surface area contributed by atoms with Crippen LogP contribution in [0.2, 0.25) is 5.02 Å². The summed E-state index contributed by atoms with van der Waals surface area (Å²) < 4.78 is 5.24. The fourth-order valence-corrected chi connectivity index (χ4v) is 2.96. The van der Waals surface area contributed by atoms with Gasteiger partial charge in [0, 0.05) is 10.6 Å². The highest BCUT2D eigenvalue weighted by molar-refractivity contribution is 6.30. The van der Waals surface area contributed by atoms with Gasteiger partial charge in [0.2, 0.25) is 0 Å². The first-order chi connectivity index (χ1) is 12.6. The van der Waals surface area contributed by atoms with Gasteiger partial charge in [0.25, 0.3) is 5.91 Å². The van der Waals surface area contributed by atoms with Crippen LogP contribution >= 0.6 is 11.6 Å². The lowest BCUT2D eigenvalue weighted by molar-refractivity contribution is -0.115. The molecule has 0 saturated carbocycles. The number of hydrogen-bond acceptors (Lipinski definition) is 3. The number of rotatable bonds is 3. The summed E-state index contributed by atoms with van der Waals surface area (Å²) in [7, 11) is 1.65. The largest absolute Gasteiger partial charge is 0.497 e. The Kier molecular flexibility index (Phi) is 4.19. The van der Waals surface area contributed by atoms with Gasteiger partial charge in [-0.05, 0) is 64.9 Å². The highest BCUT2D eigenvalue weighted by atomic mass is 35.5. The molecule has 0 bridgehead atoms. The lowest BCUT2D eigenvalue weighted by Gasteiger charge is -2.03. The molecule has 0 spiro atoms. The maximum Gasteiger partial charge on any atom is 0.275 e. The second-order valence-corrected chi connectivity index (χ2v) is 6.36. The number of carbonyl (C=O) groups excluding carboxylic acids is 1. The Labute approximate surface area is 155 Å². The van der Waals surface area contributed by atoms with Crippen LogP contribution in [0.1, 0.15) is 11.1 Å². The summed E-state index contributed by atoms with van der Waals surface area (Å²) in [4.78, 5) is 16.7. The molecule has 0 saturated heterocycles. The second-order valence-electron chi connectivity index (χ2n) is 5.92. The summed E-state index contributed by atoms with van der Waals surface area (Å²) in [6.07, 6.45) is 1.78. The number of aliphatic imine (C=N–C) groups is 1. The van der Waals surface area contributed by atoms with E-state index >= 15 is 0 Å². The van der Waals surface area contributed by atoms with Crippen molar-refractivity contribution in [1.29, 1.82) is 0 Å². The molecule has 26 heavy (non-hydrogen) atoms. The Hall–Kier alpha value is -3.11. The van der Waals surface area contributed by atoms with Crippen molar-refractivity contribution in [2.45, 2.75) is 0 Å². The predicted octanol–water partition coefficient (Wildman–Crippen LogP) is 4.42. The summed E-state index contributed by atoms with van der Waals surface area (Å²) in [6, 6.07) is 19.1. The molecule has 0 unspecified atom stereocenters. The number of ether oxygens (including phenoxy) is 1. The molecule has 0 aromatic heterocycles. The van der Waals surface area contributed by atoms with Crippen molar-refractivity contribution in [3.8, 4) is 5.75 Å². The van der Waals surface area contributed by atoms with E-state index in [1.165, 1.54) is 0 Å². The van der Waals surface area contributed by atoms with E-state index in [1.807, 2.05) is 48.5 Å². The third-order valence-corrected chi connectivity index (χ3v) is 4.44. The molecule has 0 atom stereocenters. The normalized spacial score (nSPS) is 15.2. The number of carbonyl (C=O) groups is 1. The molecular weight excluding hydrogens is 348 g/mol. The van der Waals surface area contributed by atoms with Gasteiger partial charge in [-0.1, -0.05) is 29.8 Å². The molecule has 128 valence electrons. The Morgan fingerprint density at radius 3 is 2.50 bits per heavy atom. The molecule has 3 aromatic rings. The fraction of sp³-hybridized carbons (Fsp3) is 0.0476. The number of amidine groups is 1. The quantitative estimate of drug-likeness (QED) is 0.701. The molecule has 1 amide bonds. The SMILES string of the molecule is COc1ccc2cc(/C=C3\N=C(c4ccc(Cl)cc4)NC3=O)ccc2c1. The molecule has 1 aliphatic rings. The van der Waals surface area contributed by atoms with Crippen LogP contribution in [-0.2, 0) is 4.79 Å². The lowest BCUT2D eigenvalue weighted by Crippen LogP contribution is -2.24. The highest BCUT2D eigenvalue weighted by Gasteiger charge is 2.21. The highest BCUT2D eigenvalue weighted by Crippen LogP contribution is 2.24. The maximum absolute atomic E-state index is 12.2. The fourth-order valence-electron chi connectivity index (χ4n) is 2.83. The number of hydrogen-bond donors (Lipinski definition) is 1. The van der Waals surface area contributed by atoms with Crippen LogP contribution in [0.25, 0.3) is 16.8 Å². The van der Waals surface area contributed by atoms with E-state index in [4.69, 9.17) is 16.3 Å². The number of halogens is 1. The number of methoxy groups -OCH3 is 1. The van der Waals surface area contributed by atoms with E-state index in [0.717, 1.165) is 27.6 Å². The molecule has 0 fully saturated rings. The van der Waals surface area contributed by atoms with Crippen LogP contribution in [-0.4, -0.2) is 18.9 Å². The minimum atomic E-state index is -0.218. The van der Waals surface area contributed by atoms with Gasteiger partial charge in [0.05, 0.1) is 7.11 Å². The van der Waals surface area contributed by atoms with E-state index in [1.54, 1.807) is 25.3 Å². The van der Waals surface area contributed by atoms with Crippen LogP contribution in [0.5, 0.6) is 5.75 Å². The van der Waals surface area contributed by atoms with Crippen molar-refractivity contribution in [1.82, 2.24) is 5.32 Å². The summed E-state index contributed by atoms with van der Waals surface area (Å²) in [5.74, 6) is 1.13. The van der Waals surface area contributed by atoms with Crippen molar-refractivity contribution in [3.05, 3.63) is 82.5 Å². The lowest BCUT2D eigenvalue weighted by atomic mass is 10.1. The zero-order valence-electron chi connectivity index (χ0n) is 14.0. The zero-order valence-corrected chi connectivity index (χ0v) is 14.7. The van der Waals surface area contributed by atoms with Crippen molar-refractivity contribution in [2.75, 3.05) is 7.11 Å². The van der Waals surface area contributed by atoms with Gasteiger partial charge >= 0.3 is 0 Å². The predicted molar refractivity (Wildman–Crippen MR) is 105 cm³/mol. The average molecular weight is 363 g/mol. The van der Waals surface area contributed by atoms with E-state index in [-0.39, 0.29) is 5.91 Å². The molecule has 1 aliphatic heterocycles. The third-order valence-electron chi connectivity index (χ3n) is 4.19. The van der Waals surface area contributed by atoms with Gasteiger partial charge in [-0.3, -0.25) is 4.79 Å². The zero-order chi connectivity index (χ0) is 18.1. The minimum absolute atomic E-state index is 0.218. The van der Waals surface area contributed by atoms with E-state index < -0.39 is 0 Å². The van der Waals surface area contributed by atoms with Gasteiger partial charge in [-0.2, -0.15) is 0 Å². The minimum Gasteiger partial charge on any atom is -0.497 e. The first-order valence-electron chi connectivity index (χ1n) is 8.08. The van der Waals surface area contributed by atoms with Crippen LogP contribution in [0.15, 0.2) is 71.4 Å². The van der Waals surface area contributed by atoms with Crippen LogP contribution in [0.4, 0.5) is 0 Å². The Morgan fingerprint density at radius 2 is 1.73 bits per heavy atom. The molecule has 4 nitrogen and oxygen atoms in total. The molecule has 0 aliphatic carbocycles. The number of fused-ring (bicyclic) bond motifs is 1. The average Bonchev–Trinajstić information content (AvgIpc) is 3.02.